The number of halogens is 1. The highest BCUT2D eigenvalue weighted by atomic mass is 35.5. The van der Waals surface area contributed by atoms with Crippen LogP contribution in [0, 0.1) is 0 Å². The number of nitrogens with one attached hydrogen (secondary N) is 1. The fraction of sp³-hybridized carbons (Fsp3) is 0.158. The summed E-state index contributed by atoms with van der Waals surface area (Å²) in [6, 6.07) is 40.1. The molecule has 0 radical (unpaired) electrons. The molecule has 228 valence electrons. The number of carbonyl (C=O) groups is 2. The number of carbonyl (C=O) groups excluding carboxylic acids is 2. The highest BCUT2D eigenvalue weighted by Crippen LogP contribution is 2.36. The molecule has 7 heteroatoms. The quantitative estimate of drug-likeness (QED) is 0.148. The number of hydrogen-bond donors (Lipinski definition) is 2. The molecule has 0 saturated heterocycles. The average Bonchev–Trinajstić information content (AvgIpc) is 3.08. The topological polar surface area (TPSA) is 84.7 Å². The van der Waals surface area contributed by atoms with Gasteiger partial charge in [0.2, 0.25) is 5.91 Å². The molecule has 0 aliphatic rings. The molecule has 1 atom stereocenters. The number of amides is 2. The van der Waals surface area contributed by atoms with Gasteiger partial charge >= 0.3 is 0 Å². The third-order valence-corrected chi connectivity index (χ3v) is 7.81. The zero-order valence-electron chi connectivity index (χ0n) is 25.2. The van der Waals surface area contributed by atoms with Crippen molar-refractivity contribution in [3.63, 3.8) is 0 Å². The lowest BCUT2D eigenvalue weighted by molar-refractivity contribution is -0.121. The summed E-state index contributed by atoms with van der Waals surface area (Å²) in [4.78, 5) is 28.7. The first-order valence-corrected chi connectivity index (χ1v) is 15.3. The Balaban J connectivity index is 1.40. The van der Waals surface area contributed by atoms with Crippen molar-refractivity contribution in [2.75, 3.05) is 18.0 Å². The number of anilines is 1. The molecule has 0 fully saturated rings. The lowest BCUT2D eigenvalue weighted by Crippen LogP contribution is -2.39. The van der Waals surface area contributed by atoms with Crippen LogP contribution in [-0.2, 0) is 11.3 Å². The summed E-state index contributed by atoms with van der Waals surface area (Å²) in [6.07, 6.45) is 0.339. The zero-order valence-corrected chi connectivity index (χ0v) is 25.9. The van der Waals surface area contributed by atoms with Crippen molar-refractivity contribution in [2.24, 2.45) is 5.73 Å². The van der Waals surface area contributed by atoms with E-state index in [2.05, 4.69) is 5.32 Å². The van der Waals surface area contributed by atoms with Crippen LogP contribution in [0.25, 0.3) is 11.1 Å². The Hall–Kier alpha value is -4.91. The Bertz CT molecular complexity index is 1730. The van der Waals surface area contributed by atoms with E-state index in [0.717, 1.165) is 22.3 Å². The van der Waals surface area contributed by atoms with Crippen LogP contribution in [0.5, 0.6) is 11.5 Å². The van der Waals surface area contributed by atoms with E-state index in [4.69, 9.17) is 22.1 Å². The van der Waals surface area contributed by atoms with Gasteiger partial charge in [0.15, 0.2) is 5.75 Å². The number of rotatable bonds is 12. The molecule has 0 saturated carbocycles. The molecule has 3 N–H and O–H groups in total. The van der Waals surface area contributed by atoms with E-state index in [1.165, 1.54) is 0 Å². The lowest BCUT2D eigenvalue weighted by atomic mass is 9.98. The van der Waals surface area contributed by atoms with Crippen LogP contribution < -0.4 is 20.7 Å². The number of hydrogen-bond acceptors (Lipinski definition) is 4. The van der Waals surface area contributed by atoms with Crippen LogP contribution >= 0.6 is 11.6 Å². The van der Waals surface area contributed by atoms with Crippen molar-refractivity contribution in [2.45, 2.75) is 25.8 Å². The summed E-state index contributed by atoms with van der Waals surface area (Å²) >= 11 is 6.40. The van der Waals surface area contributed by atoms with Crippen LogP contribution in [0.3, 0.4) is 0 Å². The van der Waals surface area contributed by atoms with Gasteiger partial charge in [0, 0.05) is 42.7 Å². The van der Waals surface area contributed by atoms with E-state index in [1.54, 1.807) is 23.1 Å². The van der Waals surface area contributed by atoms with Crippen molar-refractivity contribution in [3.05, 3.63) is 149 Å². The molecular weight excluding hydrogens is 582 g/mol. The summed E-state index contributed by atoms with van der Waals surface area (Å²) < 4.78 is 6.28. The van der Waals surface area contributed by atoms with Gasteiger partial charge in [-0.25, -0.2) is 0 Å². The number of benzene rings is 5. The molecule has 6 nitrogen and oxygen atoms in total. The largest absolute Gasteiger partial charge is 0.455 e. The third kappa shape index (κ3) is 8.38. The van der Waals surface area contributed by atoms with E-state index in [-0.39, 0.29) is 30.8 Å². The molecule has 5 aromatic rings. The fourth-order valence-corrected chi connectivity index (χ4v) is 5.30. The van der Waals surface area contributed by atoms with Crippen molar-refractivity contribution in [1.82, 2.24) is 5.32 Å². The van der Waals surface area contributed by atoms with Crippen molar-refractivity contribution in [3.8, 4) is 22.6 Å². The third-order valence-electron chi connectivity index (χ3n) is 7.58. The van der Waals surface area contributed by atoms with Gasteiger partial charge < -0.3 is 20.7 Å². The smallest absolute Gasteiger partial charge is 0.258 e. The Morgan fingerprint density at radius 2 is 1.51 bits per heavy atom. The van der Waals surface area contributed by atoms with Gasteiger partial charge in [-0.3, -0.25) is 9.59 Å². The predicted molar refractivity (Wildman–Crippen MR) is 182 cm³/mol. The van der Waals surface area contributed by atoms with Crippen LogP contribution in [-0.4, -0.2) is 24.9 Å². The van der Waals surface area contributed by atoms with Gasteiger partial charge in [-0.1, -0.05) is 103 Å². The Labute approximate surface area is 269 Å². The molecular formula is C38H36ClN3O3. The highest BCUT2D eigenvalue weighted by molar-refractivity contribution is 6.30. The summed E-state index contributed by atoms with van der Waals surface area (Å²) in [7, 11) is 0. The molecule has 5 rings (SSSR count). The first-order valence-electron chi connectivity index (χ1n) is 15.0. The average molecular weight is 618 g/mol. The summed E-state index contributed by atoms with van der Waals surface area (Å²) in [6.45, 7) is 2.86. The molecule has 1 unspecified atom stereocenters. The summed E-state index contributed by atoms with van der Waals surface area (Å²) in [5.74, 6) is 0.730. The maximum Gasteiger partial charge on any atom is 0.258 e. The standard InChI is InChI=1S/C38H36ClN3O3/c1-27(29-10-4-2-5-11-29)23-37(43)41-21-22-42(38(44)32-17-15-31(16-18-32)30-12-6-3-7-13-30)35-20-19-33(39)25-36(35)45-34-14-8-9-28(24-34)26-40/h2-20,24-25,27H,21-23,26,40H2,1H3,(H,41,43). The second kappa shape index (κ2) is 15.2. The molecule has 0 spiro atoms. The molecule has 5 aromatic carbocycles. The Kier molecular flexibility index (Phi) is 10.6. The van der Waals surface area contributed by atoms with E-state index in [9.17, 15) is 9.59 Å². The summed E-state index contributed by atoms with van der Waals surface area (Å²) in [5, 5.41) is 3.47. The molecule has 2 amide bonds. The van der Waals surface area contributed by atoms with Crippen LogP contribution in [0.15, 0.2) is 127 Å². The van der Waals surface area contributed by atoms with Gasteiger partial charge in [-0.05, 0) is 64.6 Å². The van der Waals surface area contributed by atoms with Crippen LogP contribution in [0.2, 0.25) is 5.02 Å². The normalized spacial score (nSPS) is 11.4. The van der Waals surface area contributed by atoms with Crippen LogP contribution in [0.4, 0.5) is 5.69 Å². The van der Waals surface area contributed by atoms with Gasteiger partial charge in [-0.2, -0.15) is 0 Å². The maximum atomic E-state index is 14.1. The molecule has 0 aliphatic carbocycles. The Morgan fingerprint density at radius 3 is 2.22 bits per heavy atom. The van der Waals surface area contributed by atoms with E-state index < -0.39 is 0 Å². The second-order valence-electron chi connectivity index (χ2n) is 10.8. The van der Waals surface area contributed by atoms with E-state index in [1.807, 2.05) is 116 Å². The van der Waals surface area contributed by atoms with Crippen LogP contribution in [0.1, 0.15) is 40.7 Å². The first kappa shape index (κ1) is 31.5. The van der Waals surface area contributed by atoms with Gasteiger partial charge in [0.1, 0.15) is 5.75 Å². The number of nitrogens with zero attached hydrogens (tertiary/aromatic N) is 1. The van der Waals surface area contributed by atoms with E-state index >= 15 is 0 Å². The Morgan fingerprint density at radius 1 is 0.822 bits per heavy atom. The fourth-order valence-electron chi connectivity index (χ4n) is 5.14. The minimum atomic E-state index is -0.232. The van der Waals surface area contributed by atoms with Gasteiger partial charge in [0.05, 0.1) is 5.69 Å². The van der Waals surface area contributed by atoms with Crippen molar-refractivity contribution >= 4 is 29.1 Å². The van der Waals surface area contributed by atoms with Crippen molar-refractivity contribution < 1.29 is 14.3 Å². The molecule has 0 aliphatic heterocycles. The lowest BCUT2D eigenvalue weighted by Gasteiger charge is -2.26. The molecule has 0 bridgehead atoms. The highest BCUT2D eigenvalue weighted by Gasteiger charge is 2.23. The van der Waals surface area contributed by atoms with Crippen molar-refractivity contribution in [1.29, 1.82) is 0 Å². The molecule has 0 heterocycles. The summed E-state index contributed by atoms with van der Waals surface area (Å²) in [5.41, 5.74) is 11.0. The van der Waals surface area contributed by atoms with E-state index in [0.29, 0.717) is 40.7 Å². The zero-order chi connectivity index (χ0) is 31.6. The molecule has 0 aromatic heterocycles. The second-order valence-corrected chi connectivity index (χ2v) is 11.3. The minimum Gasteiger partial charge on any atom is -0.455 e. The number of ether oxygens (including phenoxy) is 1. The number of nitrogens with two attached hydrogens (primary N) is 1. The molecule has 45 heavy (non-hydrogen) atoms. The first-order chi connectivity index (χ1) is 21.9. The monoisotopic (exact) mass is 617 g/mol. The predicted octanol–water partition coefficient (Wildman–Crippen LogP) is 8.21. The maximum absolute atomic E-state index is 14.1. The SMILES string of the molecule is CC(CC(=O)NCCN(C(=O)c1ccc(-c2ccccc2)cc1)c1ccc(Cl)cc1Oc1cccc(CN)c1)c1ccccc1. The van der Waals surface area contributed by atoms with Gasteiger partial charge in [0.25, 0.3) is 5.91 Å². The minimum absolute atomic E-state index is 0.0626. The van der Waals surface area contributed by atoms with Gasteiger partial charge in [-0.15, -0.1) is 0 Å².